The summed E-state index contributed by atoms with van der Waals surface area (Å²) in [6.07, 6.45) is 3.19. The van der Waals surface area contributed by atoms with Gasteiger partial charge in [-0.2, -0.15) is 5.10 Å². The Morgan fingerprint density at radius 3 is 2.44 bits per heavy atom. The van der Waals surface area contributed by atoms with Crippen molar-refractivity contribution in [3.8, 4) is 11.3 Å². The molecule has 0 N–H and O–H groups in total. The van der Waals surface area contributed by atoms with Crippen LogP contribution in [0.4, 0.5) is 0 Å². The van der Waals surface area contributed by atoms with E-state index in [4.69, 9.17) is 9.84 Å². The van der Waals surface area contributed by atoms with Crippen molar-refractivity contribution in [1.29, 1.82) is 0 Å². The maximum absolute atomic E-state index is 13.5. The van der Waals surface area contributed by atoms with Crippen molar-refractivity contribution in [2.24, 2.45) is 5.92 Å². The highest BCUT2D eigenvalue weighted by atomic mass is 16.5. The number of likely N-dealkylation sites (tertiary alicyclic amines) is 1. The second-order valence-electron chi connectivity index (χ2n) is 9.03. The minimum atomic E-state index is -0.315. The summed E-state index contributed by atoms with van der Waals surface area (Å²) in [7, 11) is 1.62. The normalized spacial score (nSPS) is 15.4. The summed E-state index contributed by atoms with van der Waals surface area (Å²) in [5, 5.41) is 4.72. The monoisotopic (exact) mass is 488 g/mol. The van der Waals surface area contributed by atoms with Gasteiger partial charge in [0.25, 0.3) is 5.91 Å². The van der Waals surface area contributed by atoms with Gasteiger partial charge < -0.3 is 14.5 Å². The first-order valence-electron chi connectivity index (χ1n) is 12.3. The summed E-state index contributed by atoms with van der Waals surface area (Å²) in [6, 6.07) is 19.5. The summed E-state index contributed by atoms with van der Waals surface area (Å²) in [4.78, 5) is 41.8. The zero-order chi connectivity index (χ0) is 25.5. The highest BCUT2D eigenvalue weighted by Gasteiger charge is 2.31. The number of hydrogen-bond donors (Lipinski definition) is 0. The molecular formula is C28H32N4O4. The summed E-state index contributed by atoms with van der Waals surface area (Å²) in [5.74, 6) is -1.04. The lowest BCUT2D eigenvalue weighted by molar-refractivity contribution is -0.151. The zero-order valence-electron chi connectivity index (χ0n) is 20.8. The van der Waals surface area contributed by atoms with Gasteiger partial charge in [0, 0.05) is 31.9 Å². The smallest absolute Gasteiger partial charge is 0.310 e. The Bertz CT molecular complexity index is 1190. The van der Waals surface area contributed by atoms with Crippen molar-refractivity contribution < 1.29 is 19.1 Å². The maximum atomic E-state index is 13.5. The van der Waals surface area contributed by atoms with Crippen LogP contribution in [0, 0.1) is 5.92 Å². The van der Waals surface area contributed by atoms with Crippen LogP contribution in [-0.4, -0.2) is 70.7 Å². The molecule has 1 unspecified atom stereocenters. The van der Waals surface area contributed by atoms with Gasteiger partial charge in [-0.15, -0.1) is 0 Å². The largest absolute Gasteiger partial charge is 0.466 e. The minimum Gasteiger partial charge on any atom is -0.466 e. The molecule has 1 aliphatic heterocycles. The van der Waals surface area contributed by atoms with E-state index in [9.17, 15) is 14.4 Å². The van der Waals surface area contributed by atoms with Gasteiger partial charge in [0.15, 0.2) is 0 Å². The van der Waals surface area contributed by atoms with E-state index in [1.807, 2.05) is 60.7 Å². The number of ether oxygens (including phenoxy) is 1. The van der Waals surface area contributed by atoms with Crippen molar-refractivity contribution in [2.75, 3.05) is 33.3 Å². The van der Waals surface area contributed by atoms with Crippen molar-refractivity contribution in [3.63, 3.8) is 0 Å². The number of piperidine rings is 1. The van der Waals surface area contributed by atoms with Crippen LogP contribution in [0.2, 0.25) is 0 Å². The average molecular weight is 489 g/mol. The number of hydrogen-bond acceptors (Lipinski definition) is 5. The third-order valence-corrected chi connectivity index (χ3v) is 6.34. The minimum absolute atomic E-state index is 0.0769. The summed E-state index contributed by atoms with van der Waals surface area (Å²) >= 11 is 0. The van der Waals surface area contributed by atoms with E-state index in [0.29, 0.717) is 43.9 Å². The summed E-state index contributed by atoms with van der Waals surface area (Å²) < 4.78 is 6.90. The first-order valence-corrected chi connectivity index (χ1v) is 12.3. The number of carbonyl (C=O) groups excluding carboxylic acids is 3. The van der Waals surface area contributed by atoms with E-state index in [1.165, 1.54) is 4.90 Å². The molecular weight excluding hydrogens is 456 g/mol. The predicted molar refractivity (Wildman–Crippen MR) is 136 cm³/mol. The zero-order valence-corrected chi connectivity index (χ0v) is 20.8. The van der Waals surface area contributed by atoms with Gasteiger partial charge in [0.2, 0.25) is 5.91 Å². The topological polar surface area (TPSA) is 84.7 Å². The fraction of sp³-hybridized carbons (Fsp3) is 0.357. The molecule has 1 saturated heterocycles. The predicted octanol–water partition coefficient (Wildman–Crippen LogP) is 3.47. The number of esters is 1. The van der Waals surface area contributed by atoms with Crippen LogP contribution in [0.25, 0.3) is 11.3 Å². The number of amides is 2. The Hall–Kier alpha value is -3.94. The van der Waals surface area contributed by atoms with E-state index < -0.39 is 0 Å². The summed E-state index contributed by atoms with van der Waals surface area (Å²) in [6.45, 7) is 3.44. The number of nitrogens with zero attached hydrogens (tertiary/aromatic N) is 4. The standard InChI is InChI=1S/C28H32N4O4/c1-3-36-28(35)23-15-10-16-31(18-23)25(33)20-30(2)27(34)24-19-32(17-21-11-6-4-7-12-21)29-26(24)22-13-8-5-9-14-22/h4-9,11-14,19,23H,3,10,15-18,20H2,1-2H3. The van der Waals surface area contributed by atoms with Crippen LogP contribution in [0.3, 0.4) is 0 Å². The van der Waals surface area contributed by atoms with Crippen LogP contribution in [-0.2, 0) is 20.9 Å². The third-order valence-electron chi connectivity index (χ3n) is 6.34. The highest BCUT2D eigenvalue weighted by Crippen LogP contribution is 2.24. The second-order valence-corrected chi connectivity index (χ2v) is 9.03. The highest BCUT2D eigenvalue weighted by molar-refractivity contribution is 6.01. The Labute approximate surface area is 211 Å². The van der Waals surface area contributed by atoms with Crippen LogP contribution < -0.4 is 0 Å². The van der Waals surface area contributed by atoms with Gasteiger partial charge in [0.1, 0.15) is 5.69 Å². The maximum Gasteiger partial charge on any atom is 0.310 e. The first-order chi connectivity index (χ1) is 17.5. The van der Waals surface area contributed by atoms with Gasteiger partial charge in [-0.25, -0.2) is 0 Å². The molecule has 1 atom stereocenters. The molecule has 0 aliphatic carbocycles. The van der Waals surface area contributed by atoms with Gasteiger partial charge in [0.05, 0.1) is 31.2 Å². The van der Waals surface area contributed by atoms with Crippen LogP contribution in [0.1, 0.15) is 35.7 Å². The van der Waals surface area contributed by atoms with Gasteiger partial charge in [-0.3, -0.25) is 19.1 Å². The molecule has 0 radical (unpaired) electrons. The molecule has 2 amide bonds. The lowest BCUT2D eigenvalue weighted by Gasteiger charge is -2.32. The molecule has 0 bridgehead atoms. The molecule has 3 aromatic rings. The van der Waals surface area contributed by atoms with Crippen LogP contribution in [0.15, 0.2) is 66.9 Å². The van der Waals surface area contributed by atoms with E-state index in [1.54, 1.807) is 29.7 Å². The number of carbonyl (C=O) groups is 3. The van der Waals surface area contributed by atoms with Gasteiger partial charge in [-0.1, -0.05) is 60.7 Å². The fourth-order valence-corrected chi connectivity index (χ4v) is 4.48. The van der Waals surface area contributed by atoms with E-state index in [2.05, 4.69) is 0 Å². The lowest BCUT2D eigenvalue weighted by atomic mass is 9.98. The van der Waals surface area contributed by atoms with Crippen molar-refractivity contribution in [3.05, 3.63) is 78.0 Å². The van der Waals surface area contributed by atoms with Crippen LogP contribution in [0.5, 0.6) is 0 Å². The van der Waals surface area contributed by atoms with Crippen LogP contribution >= 0.6 is 0 Å². The Morgan fingerprint density at radius 2 is 1.75 bits per heavy atom. The number of benzene rings is 2. The SMILES string of the molecule is CCOC(=O)C1CCCN(C(=O)CN(C)C(=O)c2cn(Cc3ccccc3)nc2-c2ccccc2)C1. The molecule has 8 heteroatoms. The molecule has 36 heavy (non-hydrogen) atoms. The number of rotatable bonds is 8. The second kappa shape index (κ2) is 11.7. The van der Waals surface area contributed by atoms with E-state index in [0.717, 1.165) is 17.5 Å². The molecule has 0 spiro atoms. The quantitative estimate of drug-likeness (QED) is 0.454. The molecule has 0 saturated carbocycles. The third kappa shape index (κ3) is 6.00. The molecule has 2 heterocycles. The number of aromatic nitrogens is 2. The Kier molecular flexibility index (Phi) is 8.15. The van der Waals surface area contributed by atoms with Crippen molar-refractivity contribution >= 4 is 17.8 Å². The number of likely N-dealkylation sites (N-methyl/N-ethyl adjacent to an activating group) is 1. The molecule has 1 aliphatic rings. The molecule has 188 valence electrons. The van der Waals surface area contributed by atoms with Gasteiger partial charge >= 0.3 is 5.97 Å². The Balaban J connectivity index is 1.50. The van der Waals surface area contributed by atoms with Gasteiger partial charge in [-0.05, 0) is 25.3 Å². The molecule has 1 aromatic heterocycles. The Morgan fingerprint density at radius 1 is 1.06 bits per heavy atom. The van der Waals surface area contributed by atoms with Crippen molar-refractivity contribution in [1.82, 2.24) is 19.6 Å². The molecule has 8 nitrogen and oxygen atoms in total. The lowest BCUT2D eigenvalue weighted by Crippen LogP contribution is -2.47. The molecule has 4 rings (SSSR count). The molecule has 1 fully saturated rings. The fourth-order valence-electron chi connectivity index (χ4n) is 4.48. The molecule has 2 aromatic carbocycles. The summed E-state index contributed by atoms with van der Waals surface area (Å²) in [5.41, 5.74) is 2.93. The first kappa shape index (κ1) is 25.2. The van der Waals surface area contributed by atoms with E-state index in [-0.39, 0.29) is 30.2 Å². The van der Waals surface area contributed by atoms with Crippen molar-refractivity contribution in [2.45, 2.75) is 26.3 Å². The average Bonchev–Trinajstić information content (AvgIpc) is 3.33. The van der Waals surface area contributed by atoms with E-state index >= 15 is 0 Å².